The highest BCUT2D eigenvalue weighted by atomic mass is 32.1. The van der Waals surface area contributed by atoms with Gasteiger partial charge in [0, 0.05) is 17.3 Å². The van der Waals surface area contributed by atoms with Gasteiger partial charge in [-0.3, -0.25) is 4.79 Å². The molecule has 1 aromatic rings. The topological polar surface area (TPSA) is 32.3 Å². The summed E-state index contributed by atoms with van der Waals surface area (Å²) in [4.78, 5) is 16.0. The number of nitrogens with one attached hydrogen (secondary N) is 1. The number of hydrogen-bond acceptors (Lipinski definition) is 3. The summed E-state index contributed by atoms with van der Waals surface area (Å²) in [5.41, 5.74) is 0. The van der Waals surface area contributed by atoms with Crippen molar-refractivity contribution in [3.8, 4) is 0 Å². The van der Waals surface area contributed by atoms with E-state index in [2.05, 4.69) is 41.6 Å². The number of piperidine rings is 1. The van der Waals surface area contributed by atoms with Crippen LogP contribution in [0, 0.1) is 11.8 Å². The molecule has 0 radical (unpaired) electrons. The summed E-state index contributed by atoms with van der Waals surface area (Å²) in [5.74, 6) is 1.25. The van der Waals surface area contributed by atoms with E-state index in [-0.39, 0.29) is 11.8 Å². The molecule has 3 nitrogen and oxygen atoms in total. The molecule has 118 valence electrons. The minimum absolute atomic E-state index is 0.226. The van der Waals surface area contributed by atoms with Crippen molar-refractivity contribution in [3.63, 3.8) is 0 Å². The third-order valence-electron chi connectivity index (χ3n) is 4.23. The molecule has 1 aliphatic rings. The fraction of sp³-hybridized carbons (Fsp3) is 0.706. The Morgan fingerprint density at radius 3 is 2.81 bits per heavy atom. The standard InChI is InChI=1S/C17H28N2OS/c1-14(2)6-10-19-11-7-15(8-12-19)17(20)18-9-5-16-4-3-13-21-16/h3-4,13-15H,5-12H2,1-2H3,(H,18,20). The van der Waals surface area contributed by atoms with Crippen LogP contribution in [0.5, 0.6) is 0 Å². The second kappa shape index (κ2) is 8.54. The van der Waals surface area contributed by atoms with Gasteiger partial charge in [0.15, 0.2) is 0 Å². The Morgan fingerprint density at radius 2 is 2.19 bits per heavy atom. The third-order valence-corrected chi connectivity index (χ3v) is 5.17. The van der Waals surface area contributed by atoms with Crippen LogP contribution in [0.3, 0.4) is 0 Å². The molecular weight excluding hydrogens is 280 g/mol. The molecule has 2 rings (SSSR count). The predicted molar refractivity (Wildman–Crippen MR) is 89.7 cm³/mol. The first kappa shape index (κ1) is 16.5. The van der Waals surface area contributed by atoms with Crippen LogP contribution in [-0.2, 0) is 11.2 Å². The van der Waals surface area contributed by atoms with Crippen molar-refractivity contribution in [1.29, 1.82) is 0 Å². The normalized spacial score (nSPS) is 17.3. The Kier molecular flexibility index (Phi) is 6.71. The van der Waals surface area contributed by atoms with E-state index >= 15 is 0 Å². The largest absolute Gasteiger partial charge is 0.355 e. The molecule has 1 saturated heterocycles. The minimum Gasteiger partial charge on any atom is -0.355 e. The second-order valence-corrected chi connectivity index (χ2v) is 7.45. The highest BCUT2D eigenvalue weighted by molar-refractivity contribution is 7.09. The van der Waals surface area contributed by atoms with Gasteiger partial charge < -0.3 is 10.2 Å². The van der Waals surface area contributed by atoms with E-state index in [1.54, 1.807) is 11.3 Å². The van der Waals surface area contributed by atoms with Gasteiger partial charge >= 0.3 is 0 Å². The number of carbonyl (C=O) groups excluding carboxylic acids is 1. The second-order valence-electron chi connectivity index (χ2n) is 6.42. The number of likely N-dealkylation sites (tertiary alicyclic amines) is 1. The van der Waals surface area contributed by atoms with Crippen molar-refractivity contribution in [3.05, 3.63) is 22.4 Å². The lowest BCUT2D eigenvalue weighted by Gasteiger charge is -2.31. The molecule has 0 bridgehead atoms. The number of nitrogens with zero attached hydrogens (tertiary/aromatic N) is 1. The molecule has 0 saturated carbocycles. The van der Waals surface area contributed by atoms with Crippen molar-refractivity contribution in [1.82, 2.24) is 10.2 Å². The lowest BCUT2D eigenvalue weighted by molar-refractivity contribution is -0.126. The number of thiophene rings is 1. The maximum Gasteiger partial charge on any atom is 0.223 e. The molecule has 0 aliphatic carbocycles. The van der Waals surface area contributed by atoms with Gasteiger partial charge in [-0.2, -0.15) is 0 Å². The lowest BCUT2D eigenvalue weighted by Crippen LogP contribution is -2.41. The van der Waals surface area contributed by atoms with E-state index in [9.17, 15) is 4.79 Å². The van der Waals surface area contributed by atoms with E-state index < -0.39 is 0 Å². The van der Waals surface area contributed by atoms with Crippen molar-refractivity contribution in [2.75, 3.05) is 26.2 Å². The van der Waals surface area contributed by atoms with Crippen LogP contribution in [0.25, 0.3) is 0 Å². The summed E-state index contributed by atoms with van der Waals surface area (Å²) in [6, 6.07) is 4.19. The van der Waals surface area contributed by atoms with Crippen LogP contribution in [0.15, 0.2) is 17.5 Å². The van der Waals surface area contributed by atoms with Crippen LogP contribution in [0.4, 0.5) is 0 Å². The Balaban J connectivity index is 1.61. The summed E-state index contributed by atoms with van der Waals surface area (Å²) >= 11 is 1.76. The lowest BCUT2D eigenvalue weighted by atomic mass is 9.95. The summed E-state index contributed by atoms with van der Waals surface area (Å²) in [5, 5.41) is 5.19. The fourth-order valence-corrected chi connectivity index (χ4v) is 3.48. The molecule has 0 spiro atoms. The van der Waals surface area contributed by atoms with Gasteiger partial charge in [0.25, 0.3) is 0 Å². The first-order valence-electron chi connectivity index (χ1n) is 8.17. The number of hydrogen-bond donors (Lipinski definition) is 1. The number of amides is 1. The SMILES string of the molecule is CC(C)CCN1CCC(C(=O)NCCc2cccs2)CC1. The van der Waals surface area contributed by atoms with Gasteiger partial charge in [0.1, 0.15) is 0 Å². The third kappa shape index (κ3) is 5.79. The molecule has 21 heavy (non-hydrogen) atoms. The molecule has 1 aliphatic heterocycles. The molecule has 1 fully saturated rings. The summed E-state index contributed by atoms with van der Waals surface area (Å²) in [6.45, 7) is 8.66. The van der Waals surface area contributed by atoms with Crippen LogP contribution < -0.4 is 5.32 Å². The van der Waals surface area contributed by atoms with Gasteiger partial charge in [0.2, 0.25) is 5.91 Å². The molecule has 0 atom stereocenters. The van der Waals surface area contributed by atoms with Crippen LogP contribution >= 0.6 is 11.3 Å². The van der Waals surface area contributed by atoms with Crippen molar-refractivity contribution < 1.29 is 4.79 Å². The first-order valence-corrected chi connectivity index (χ1v) is 9.05. The smallest absolute Gasteiger partial charge is 0.223 e. The van der Waals surface area contributed by atoms with E-state index in [1.807, 2.05) is 0 Å². The molecular formula is C17H28N2OS. The summed E-state index contributed by atoms with van der Waals surface area (Å²) < 4.78 is 0. The summed E-state index contributed by atoms with van der Waals surface area (Å²) in [7, 11) is 0. The number of rotatable bonds is 7. The highest BCUT2D eigenvalue weighted by Crippen LogP contribution is 2.18. The molecule has 4 heteroatoms. The monoisotopic (exact) mass is 308 g/mol. The van der Waals surface area contributed by atoms with Crippen LogP contribution in [-0.4, -0.2) is 37.0 Å². The Hall–Kier alpha value is -0.870. The maximum absolute atomic E-state index is 12.2. The summed E-state index contributed by atoms with van der Waals surface area (Å²) in [6.07, 6.45) is 4.25. The van der Waals surface area contributed by atoms with E-state index in [0.29, 0.717) is 0 Å². The predicted octanol–water partition coefficient (Wildman–Crippen LogP) is 3.16. The molecule has 0 aromatic carbocycles. The average Bonchev–Trinajstić information content (AvgIpc) is 2.99. The fourth-order valence-electron chi connectivity index (χ4n) is 2.77. The maximum atomic E-state index is 12.2. The first-order chi connectivity index (χ1) is 10.1. The molecule has 1 aromatic heterocycles. The average molecular weight is 308 g/mol. The Labute approximate surface area is 132 Å². The number of carbonyl (C=O) groups is 1. The van der Waals surface area contributed by atoms with Crippen LogP contribution in [0.2, 0.25) is 0 Å². The molecule has 1 N–H and O–H groups in total. The Bertz CT molecular complexity index is 408. The zero-order chi connectivity index (χ0) is 15.1. The minimum atomic E-state index is 0.226. The van der Waals surface area contributed by atoms with Crippen molar-refractivity contribution in [2.24, 2.45) is 11.8 Å². The van der Waals surface area contributed by atoms with Gasteiger partial charge in [-0.05, 0) is 62.7 Å². The van der Waals surface area contributed by atoms with Gasteiger partial charge in [-0.15, -0.1) is 11.3 Å². The zero-order valence-corrected chi connectivity index (χ0v) is 14.1. The van der Waals surface area contributed by atoms with E-state index in [1.165, 1.54) is 17.8 Å². The van der Waals surface area contributed by atoms with Crippen molar-refractivity contribution in [2.45, 2.75) is 39.5 Å². The van der Waals surface area contributed by atoms with Gasteiger partial charge in [-0.1, -0.05) is 19.9 Å². The van der Waals surface area contributed by atoms with E-state index in [0.717, 1.165) is 44.8 Å². The van der Waals surface area contributed by atoms with Gasteiger partial charge in [0.05, 0.1) is 0 Å². The molecule has 2 heterocycles. The molecule has 0 unspecified atom stereocenters. The Morgan fingerprint density at radius 1 is 1.43 bits per heavy atom. The van der Waals surface area contributed by atoms with Crippen molar-refractivity contribution >= 4 is 17.2 Å². The van der Waals surface area contributed by atoms with Crippen LogP contribution in [0.1, 0.15) is 38.0 Å². The quantitative estimate of drug-likeness (QED) is 0.839. The molecule has 1 amide bonds. The highest BCUT2D eigenvalue weighted by Gasteiger charge is 2.24. The van der Waals surface area contributed by atoms with Gasteiger partial charge in [-0.25, -0.2) is 0 Å². The van der Waals surface area contributed by atoms with E-state index in [4.69, 9.17) is 0 Å². The zero-order valence-electron chi connectivity index (χ0n) is 13.3.